The molecule has 0 N–H and O–H groups in total. The number of aromatic nitrogens is 2. The number of carbonyl (C=O) groups is 1. The molecule has 1 saturated heterocycles. The molecule has 4 rings (SSSR count). The van der Waals surface area contributed by atoms with E-state index in [4.69, 9.17) is 9.26 Å². The summed E-state index contributed by atoms with van der Waals surface area (Å²) in [5.74, 6) is 1.94. The Morgan fingerprint density at radius 2 is 1.96 bits per heavy atom. The van der Waals surface area contributed by atoms with Gasteiger partial charge in [-0.25, -0.2) is 0 Å². The number of benzene rings is 2. The highest BCUT2D eigenvalue weighted by Crippen LogP contribution is 2.34. The number of hydrogen-bond donors (Lipinski definition) is 0. The third-order valence-electron chi connectivity index (χ3n) is 5.08. The highest BCUT2D eigenvalue weighted by Gasteiger charge is 2.36. The largest absolute Gasteiger partial charge is 0.494 e. The van der Waals surface area contributed by atoms with Crippen LogP contribution in [0.15, 0.2) is 53.1 Å². The molecule has 1 fully saturated rings. The van der Waals surface area contributed by atoms with Crippen molar-refractivity contribution in [3.63, 3.8) is 0 Å². The number of rotatable bonds is 6. The van der Waals surface area contributed by atoms with Crippen LogP contribution in [0.4, 0.5) is 0 Å². The molecule has 1 unspecified atom stereocenters. The number of amides is 1. The van der Waals surface area contributed by atoms with Crippen molar-refractivity contribution in [2.75, 3.05) is 6.61 Å². The van der Waals surface area contributed by atoms with Crippen LogP contribution in [-0.4, -0.2) is 27.6 Å². The second kappa shape index (κ2) is 7.84. The normalized spacial score (nSPS) is 16.6. The Kier molecular flexibility index (Phi) is 5.10. The minimum absolute atomic E-state index is 0.120. The lowest BCUT2D eigenvalue weighted by Gasteiger charge is -2.23. The first kappa shape index (κ1) is 18.2. The van der Waals surface area contributed by atoms with E-state index in [1.54, 1.807) is 0 Å². The van der Waals surface area contributed by atoms with Gasteiger partial charge in [-0.3, -0.25) is 4.79 Å². The molecule has 6 nitrogen and oxygen atoms in total. The van der Waals surface area contributed by atoms with Crippen LogP contribution in [-0.2, 0) is 11.3 Å². The zero-order valence-corrected chi connectivity index (χ0v) is 16.1. The van der Waals surface area contributed by atoms with Crippen molar-refractivity contribution in [2.24, 2.45) is 0 Å². The van der Waals surface area contributed by atoms with E-state index in [1.165, 1.54) is 5.56 Å². The molecular formula is C22H23N3O3. The highest BCUT2D eigenvalue weighted by atomic mass is 16.5. The molecule has 28 heavy (non-hydrogen) atoms. The average Bonchev–Trinajstić information content (AvgIpc) is 3.32. The summed E-state index contributed by atoms with van der Waals surface area (Å²) in [7, 11) is 0. The molecule has 144 valence electrons. The first-order chi connectivity index (χ1) is 13.7. The van der Waals surface area contributed by atoms with Crippen LogP contribution in [0.25, 0.3) is 11.4 Å². The van der Waals surface area contributed by atoms with Crippen LogP contribution in [0.2, 0.25) is 0 Å². The van der Waals surface area contributed by atoms with Crippen LogP contribution >= 0.6 is 0 Å². The van der Waals surface area contributed by atoms with Crippen molar-refractivity contribution in [1.82, 2.24) is 15.0 Å². The van der Waals surface area contributed by atoms with Crippen LogP contribution in [0.1, 0.15) is 42.8 Å². The van der Waals surface area contributed by atoms with Gasteiger partial charge in [0.25, 0.3) is 0 Å². The fraction of sp³-hybridized carbons (Fsp3) is 0.318. The summed E-state index contributed by atoms with van der Waals surface area (Å²) in [6.45, 7) is 5.18. The summed E-state index contributed by atoms with van der Waals surface area (Å²) in [6, 6.07) is 15.5. The summed E-state index contributed by atoms with van der Waals surface area (Å²) < 4.78 is 11.0. The predicted octanol–water partition coefficient (Wildman–Crippen LogP) is 4.31. The molecule has 1 atom stereocenters. The van der Waals surface area contributed by atoms with Gasteiger partial charge in [0.05, 0.1) is 6.61 Å². The van der Waals surface area contributed by atoms with Crippen molar-refractivity contribution in [3.8, 4) is 17.1 Å². The quantitative estimate of drug-likeness (QED) is 0.640. The van der Waals surface area contributed by atoms with E-state index in [1.807, 2.05) is 48.2 Å². The standard InChI is InChI=1S/C22H23N3O3/c1-3-27-18-10-8-16(9-11-18)21-23-22(28-24-21)19-12-13-20(26)25(19)14-17-7-5-4-6-15(17)2/h4-11,19H,3,12-14H2,1-2H3. The molecule has 0 aliphatic carbocycles. The maximum Gasteiger partial charge on any atom is 0.249 e. The molecule has 3 aromatic rings. The predicted molar refractivity (Wildman–Crippen MR) is 105 cm³/mol. The van der Waals surface area contributed by atoms with Gasteiger partial charge in [0.1, 0.15) is 11.8 Å². The van der Waals surface area contributed by atoms with Crippen molar-refractivity contribution in [2.45, 2.75) is 39.3 Å². The number of likely N-dealkylation sites (tertiary alicyclic amines) is 1. The lowest BCUT2D eigenvalue weighted by atomic mass is 10.1. The van der Waals surface area contributed by atoms with Gasteiger partial charge in [0, 0.05) is 18.5 Å². The minimum atomic E-state index is -0.184. The van der Waals surface area contributed by atoms with Crippen LogP contribution in [0.3, 0.4) is 0 Å². The summed E-state index contributed by atoms with van der Waals surface area (Å²) in [5, 5.41) is 4.13. The summed E-state index contributed by atoms with van der Waals surface area (Å²) in [4.78, 5) is 18.9. The van der Waals surface area contributed by atoms with E-state index in [2.05, 4.69) is 29.2 Å². The molecule has 1 aromatic heterocycles. The topological polar surface area (TPSA) is 68.5 Å². The third-order valence-corrected chi connectivity index (χ3v) is 5.08. The van der Waals surface area contributed by atoms with Gasteiger partial charge >= 0.3 is 0 Å². The molecule has 6 heteroatoms. The summed E-state index contributed by atoms with van der Waals surface area (Å²) in [6.07, 6.45) is 1.19. The molecule has 2 heterocycles. The van der Waals surface area contributed by atoms with Crippen LogP contribution in [0.5, 0.6) is 5.75 Å². The molecule has 0 spiro atoms. The van der Waals surface area contributed by atoms with Gasteiger partial charge in [-0.2, -0.15) is 4.98 Å². The van der Waals surface area contributed by atoms with Gasteiger partial charge in [0.2, 0.25) is 17.6 Å². The Bertz CT molecular complexity index is 965. The Balaban J connectivity index is 1.55. The Hall–Kier alpha value is -3.15. The van der Waals surface area contributed by atoms with Gasteiger partial charge in [-0.15, -0.1) is 0 Å². The van der Waals surface area contributed by atoms with E-state index in [0.29, 0.717) is 37.7 Å². The van der Waals surface area contributed by atoms with Gasteiger partial charge in [-0.1, -0.05) is 29.4 Å². The van der Waals surface area contributed by atoms with Gasteiger partial charge in [0.15, 0.2) is 0 Å². The molecule has 1 aliphatic rings. The molecule has 0 bridgehead atoms. The zero-order chi connectivity index (χ0) is 19.5. The number of nitrogens with zero attached hydrogens (tertiary/aromatic N) is 3. The number of ether oxygens (including phenoxy) is 1. The monoisotopic (exact) mass is 377 g/mol. The van der Waals surface area contributed by atoms with E-state index in [9.17, 15) is 4.79 Å². The molecular weight excluding hydrogens is 354 g/mol. The van der Waals surface area contributed by atoms with E-state index in [0.717, 1.165) is 16.9 Å². The van der Waals surface area contributed by atoms with Gasteiger partial charge in [-0.05, 0) is 55.7 Å². The molecule has 1 aliphatic heterocycles. The van der Waals surface area contributed by atoms with E-state index in [-0.39, 0.29) is 11.9 Å². The van der Waals surface area contributed by atoms with Crippen molar-refractivity contribution >= 4 is 5.91 Å². The smallest absolute Gasteiger partial charge is 0.249 e. The van der Waals surface area contributed by atoms with Crippen LogP contribution < -0.4 is 4.74 Å². The molecule has 0 saturated carbocycles. The number of aryl methyl sites for hydroxylation is 1. The second-order valence-electron chi connectivity index (χ2n) is 6.92. The summed E-state index contributed by atoms with van der Waals surface area (Å²) in [5.41, 5.74) is 3.16. The van der Waals surface area contributed by atoms with Crippen molar-refractivity contribution in [3.05, 3.63) is 65.5 Å². The average molecular weight is 377 g/mol. The fourth-order valence-corrected chi connectivity index (χ4v) is 3.51. The first-order valence-electron chi connectivity index (χ1n) is 9.56. The molecule has 1 amide bonds. The number of carbonyl (C=O) groups excluding carboxylic acids is 1. The maximum absolute atomic E-state index is 12.5. The first-order valence-corrected chi connectivity index (χ1v) is 9.56. The Labute approximate surface area is 164 Å². The third kappa shape index (κ3) is 3.63. The lowest BCUT2D eigenvalue weighted by molar-refractivity contribution is -0.130. The Morgan fingerprint density at radius 1 is 1.18 bits per heavy atom. The van der Waals surface area contributed by atoms with E-state index >= 15 is 0 Å². The van der Waals surface area contributed by atoms with E-state index < -0.39 is 0 Å². The molecule has 0 radical (unpaired) electrons. The molecule has 2 aromatic carbocycles. The summed E-state index contributed by atoms with van der Waals surface area (Å²) >= 11 is 0. The second-order valence-corrected chi connectivity index (χ2v) is 6.92. The minimum Gasteiger partial charge on any atom is -0.494 e. The SMILES string of the molecule is CCOc1ccc(-c2noc(C3CCC(=O)N3Cc3ccccc3C)n2)cc1. The zero-order valence-electron chi connectivity index (χ0n) is 16.1. The maximum atomic E-state index is 12.5. The Morgan fingerprint density at radius 3 is 2.71 bits per heavy atom. The number of hydrogen-bond acceptors (Lipinski definition) is 5. The highest BCUT2D eigenvalue weighted by molar-refractivity contribution is 5.79. The van der Waals surface area contributed by atoms with Gasteiger partial charge < -0.3 is 14.2 Å². The van der Waals surface area contributed by atoms with Crippen LogP contribution in [0, 0.1) is 6.92 Å². The van der Waals surface area contributed by atoms with Crippen molar-refractivity contribution in [1.29, 1.82) is 0 Å². The fourth-order valence-electron chi connectivity index (χ4n) is 3.51. The lowest BCUT2D eigenvalue weighted by Crippen LogP contribution is -2.27. The van der Waals surface area contributed by atoms with Crippen molar-refractivity contribution < 1.29 is 14.1 Å².